The lowest BCUT2D eigenvalue weighted by molar-refractivity contribution is -0.119. The third-order valence-electron chi connectivity index (χ3n) is 5.55. The van der Waals surface area contributed by atoms with Crippen molar-refractivity contribution >= 4 is 39.2 Å². The molecule has 0 atom stereocenters. The average Bonchev–Trinajstić information content (AvgIpc) is 3.40. The van der Waals surface area contributed by atoms with Crippen LogP contribution in [0.4, 0.5) is 9.52 Å². The number of halogens is 1. The fourth-order valence-corrected chi connectivity index (χ4v) is 4.44. The largest absolute Gasteiger partial charge is 0.497 e. The van der Waals surface area contributed by atoms with Crippen molar-refractivity contribution in [1.29, 1.82) is 0 Å². The van der Waals surface area contributed by atoms with Gasteiger partial charge in [0.05, 0.1) is 29.6 Å². The second-order valence-electron chi connectivity index (χ2n) is 7.97. The van der Waals surface area contributed by atoms with E-state index in [1.54, 1.807) is 49.6 Å². The van der Waals surface area contributed by atoms with Crippen LogP contribution in [0.15, 0.2) is 84.2 Å². The number of nitrogens with one attached hydrogen (secondary N) is 1. The van der Waals surface area contributed by atoms with Gasteiger partial charge in [-0.15, -0.1) is 11.3 Å². The highest BCUT2D eigenvalue weighted by Gasteiger charge is 2.17. The Morgan fingerprint density at radius 3 is 2.38 bits per heavy atom. The monoisotopic (exact) mass is 513 g/mol. The lowest BCUT2D eigenvalue weighted by atomic mass is 10.0. The van der Waals surface area contributed by atoms with Gasteiger partial charge in [0.15, 0.2) is 11.7 Å². The number of rotatable bonds is 7. The zero-order valence-corrected chi connectivity index (χ0v) is 20.4. The third-order valence-corrected chi connectivity index (χ3v) is 6.30. The number of hydrogen-bond donors (Lipinski definition) is 1. The minimum Gasteiger partial charge on any atom is -0.497 e. The van der Waals surface area contributed by atoms with Gasteiger partial charge in [-0.25, -0.2) is 19.2 Å². The molecule has 0 saturated heterocycles. The summed E-state index contributed by atoms with van der Waals surface area (Å²) in [5.41, 5.74) is 3.56. The van der Waals surface area contributed by atoms with Gasteiger partial charge in [-0.3, -0.25) is 10.1 Å². The van der Waals surface area contributed by atoms with E-state index in [1.165, 1.54) is 23.5 Å². The Balaban J connectivity index is 1.28. The molecule has 7 nitrogen and oxygen atoms in total. The quantitative estimate of drug-likeness (QED) is 0.270. The Kier molecular flexibility index (Phi) is 6.87. The van der Waals surface area contributed by atoms with Gasteiger partial charge in [0, 0.05) is 21.9 Å². The lowest BCUT2D eigenvalue weighted by Crippen LogP contribution is -2.21. The first kappa shape index (κ1) is 24.1. The van der Waals surface area contributed by atoms with Crippen LogP contribution in [-0.4, -0.2) is 35.6 Å². The van der Waals surface area contributed by atoms with E-state index >= 15 is 0 Å². The Bertz CT molecular complexity index is 1580. The molecule has 0 bridgehead atoms. The maximum Gasteiger partial charge on any atom is 0.339 e. The predicted octanol–water partition coefficient (Wildman–Crippen LogP) is 5.97. The standard InChI is InChI=1S/C28H20FN3O4S/c1-35-20-12-8-18(9-13-20)25-16-37-28(31-25)32-26(33)15-36-27(34)22-14-24(17-6-10-19(29)11-7-17)30-23-5-3-2-4-21(22)23/h2-14,16H,15H2,1H3,(H,31,32,33). The first-order valence-electron chi connectivity index (χ1n) is 11.2. The number of benzene rings is 3. The number of fused-ring (bicyclic) bond motifs is 1. The number of hydrogen-bond acceptors (Lipinski definition) is 7. The average molecular weight is 514 g/mol. The Labute approximate surface area is 215 Å². The molecule has 2 aromatic heterocycles. The van der Waals surface area contributed by atoms with Gasteiger partial charge in [-0.2, -0.15) is 0 Å². The van der Waals surface area contributed by atoms with Gasteiger partial charge in [0.25, 0.3) is 5.91 Å². The number of pyridine rings is 1. The number of carbonyl (C=O) groups excluding carboxylic acids is 2. The molecule has 37 heavy (non-hydrogen) atoms. The smallest absolute Gasteiger partial charge is 0.339 e. The molecular weight excluding hydrogens is 493 g/mol. The van der Waals surface area contributed by atoms with E-state index in [9.17, 15) is 14.0 Å². The molecule has 2 heterocycles. The summed E-state index contributed by atoms with van der Waals surface area (Å²) in [4.78, 5) is 34.5. The molecule has 0 radical (unpaired) electrons. The molecule has 5 rings (SSSR count). The second kappa shape index (κ2) is 10.5. The molecule has 9 heteroatoms. The number of amides is 1. The van der Waals surface area contributed by atoms with Crippen LogP contribution in [0.1, 0.15) is 10.4 Å². The zero-order valence-electron chi connectivity index (χ0n) is 19.6. The minimum atomic E-state index is -0.671. The van der Waals surface area contributed by atoms with Gasteiger partial charge in [0.2, 0.25) is 0 Å². The van der Waals surface area contributed by atoms with Crippen molar-refractivity contribution in [3.8, 4) is 28.3 Å². The molecule has 0 aliphatic heterocycles. The molecule has 0 aliphatic carbocycles. The molecule has 0 saturated carbocycles. The highest BCUT2D eigenvalue weighted by molar-refractivity contribution is 7.14. The van der Waals surface area contributed by atoms with Crippen LogP contribution in [0, 0.1) is 5.82 Å². The van der Waals surface area contributed by atoms with Gasteiger partial charge in [0.1, 0.15) is 11.6 Å². The Morgan fingerprint density at radius 2 is 1.62 bits per heavy atom. The summed E-state index contributed by atoms with van der Waals surface area (Å²) in [5.74, 6) is -0.816. The molecule has 3 aromatic carbocycles. The summed E-state index contributed by atoms with van der Waals surface area (Å²) in [6, 6.07) is 21.9. The molecule has 0 spiro atoms. The maximum atomic E-state index is 13.4. The van der Waals surface area contributed by atoms with Gasteiger partial charge >= 0.3 is 5.97 Å². The minimum absolute atomic E-state index is 0.258. The molecule has 1 amide bonds. The van der Waals surface area contributed by atoms with Crippen LogP contribution in [0.3, 0.4) is 0 Å². The molecular formula is C28H20FN3O4S. The summed E-state index contributed by atoms with van der Waals surface area (Å²) in [7, 11) is 1.60. The van der Waals surface area contributed by atoms with E-state index in [0.29, 0.717) is 33.0 Å². The van der Waals surface area contributed by atoms with E-state index in [2.05, 4.69) is 15.3 Å². The highest BCUT2D eigenvalue weighted by Crippen LogP contribution is 2.27. The molecule has 0 unspecified atom stereocenters. The van der Waals surface area contributed by atoms with Crippen LogP contribution < -0.4 is 10.1 Å². The fourth-order valence-electron chi connectivity index (χ4n) is 3.70. The number of carbonyl (C=O) groups is 2. The number of methoxy groups -OCH3 is 1. The summed E-state index contributed by atoms with van der Waals surface area (Å²) < 4.78 is 23.9. The summed E-state index contributed by atoms with van der Waals surface area (Å²) in [5, 5.41) is 5.46. The first-order chi connectivity index (χ1) is 18.0. The second-order valence-corrected chi connectivity index (χ2v) is 8.83. The van der Waals surface area contributed by atoms with Crippen molar-refractivity contribution < 1.29 is 23.5 Å². The number of anilines is 1. The number of esters is 1. The molecule has 5 aromatic rings. The molecule has 0 aliphatic rings. The van der Waals surface area contributed by atoms with E-state index in [0.717, 1.165) is 11.3 Å². The van der Waals surface area contributed by atoms with Crippen LogP contribution in [-0.2, 0) is 9.53 Å². The number of para-hydroxylation sites is 1. The van der Waals surface area contributed by atoms with Crippen molar-refractivity contribution in [3.05, 3.63) is 95.6 Å². The Morgan fingerprint density at radius 1 is 0.919 bits per heavy atom. The molecule has 0 fully saturated rings. The van der Waals surface area contributed by atoms with Crippen molar-refractivity contribution in [1.82, 2.24) is 9.97 Å². The zero-order chi connectivity index (χ0) is 25.8. The van der Waals surface area contributed by atoms with E-state index in [4.69, 9.17) is 9.47 Å². The SMILES string of the molecule is COc1ccc(-c2csc(NC(=O)COC(=O)c3cc(-c4ccc(F)cc4)nc4ccccc34)n2)cc1. The van der Waals surface area contributed by atoms with Gasteiger partial charge in [-0.05, 0) is 60.7 Å². The van der Waals surface area contributed by atoms with Crippen LogP contribution in [0.25, 0.3) is 33.4 Å². The Hall–Kier alpha value is -4.63. The van der Waals surface area contributed by atoms with E-state index in [-0.39, 0.29) is 11.4 Å². The molecule has 1 N–H and O–H groups in total. The van der Waals surface area contributed by atoms with Crippen molar-refractivity contribution in [2.45, 2.75) is 0 Å². The highest BCUT2D eigenvalue weighted by atomic mass is 32.1. The normalized spacial score (nSPS) is 10.8. The van der Waals surface area contributed by atoms with Crippen molar-refractivity contribution in [2.24, 2.45) is 0 Å². The topological polar surface area (TPSA) is 90.4 Å². The van der Waals surface area contributed by atoms with E-state index < -0.39 is 18.5 Å². The predicted molar refractivity (Wildman–Crippen MR) is 140 cm³/mol. The van der Waals surface area contributed by atoms with Crippen molar-refractivity contribution in [2.75, 3.05) is 19.0 Å². The van der Waals surface area contributed by atoms with E-state index in [1.807, 2.05) is 29.6 Å². The van der Waals surface area contributed by atoms with Crippen LogP contribution >= 0.6 is 11.3 Å². The fraction of sp³-hybridized carbons (Fsp3) is 0.0714. The summed E-state index contributed by atoms with van der Waals surface area (Å²) >= 11 is 1.27. The number of nitrogens with zero attached hydrogens (tertiary/aromatic N) is 2. The third kappa shape index (κ3) is 5.46. The molecule has 184 valence electrons. The lowest BCUT2D eigenvalue weighted by Gasteiger charge is -2.10. The first-order valence-corrected chi connectivity index (χ1v) is 12.1. The van der Waals surface area contributed by atoms with Crippen molar-refractivity contribution in [3.63, 3.8) is 0 Å². The van der Waals surface area contributed by atoms with Crippen LogP contribution in [0.5, 0.6) is 5.75 Å². The van der Waals surface area contributed by atoms with Gasteiger partial charge < -0.3 is 9.47 Å². The number of ether oxygens (including phenoxy) is 2. The van der Waals surface area contributed by atoms with Crippen LogP contribution in [0.2, 0.25) is 0 Å². The summed E-state index contributed by atoms with van der Waals surface area (Å²) in [6.45, 7) is -0.487. The number of aromatic nitrogens is 2. The number of thiazole rings is 1. The summed E-state index contributed by atoms with van der Waals surface area (Å²) in [6.07, 6.45) is 0. The van der Waals surface area contributed by atoms with Gasteiger partial charge in [-0.1, -0.05) is 18.2 Å². The maximum absolute atomic E-state index is 13.4.